The molecule has 2 heterocycles. The van der Waals surface area contributed by atoms with E-state index < -0.39 is 0 Å². The van der Waals surface area contributed by atoms with Gasteiger partial charge in [-0.3, -0.25) is 0 Å². The lowest BCUT2D eigenvalue weighted by Crippen LogP contribution is -2.24. The molecule has 2 rings (SSSR count). The van der Waals surface area contributed by atoms with E-state index in [1.807, 2.05) is 7.05 Å². The fourth-order valence-corrected chi connectivity index (χ4v) is 2.64. The van der Waals surface area contributed by atoms with Crippen LogP contribution in [-0.2, 0) is 4.74 Å². The Hall–Kier alpha value is -0.380. The minimum atomic E-state index is 0.480. The predicted molar refractivity (Wildman–Crippen MR) is 55.0 cm³/mol. The largest absolute Gasteiger partial charge is 0.381 e. The van der Waals surface area contributed by atoms with Crippen LogP contribution in [0.15, 0.2) is 16.8 Å². The molecule has 0 radical (unpaired) electrons. The third kappa shape index (κ3) is 1.93. The van der Waals surface area contributed by atoms with Crippen LogP contribution in [0.3, 0.4) is 0 Å². The van der Waals surface area contributed by atoms with E-state index in [1.165, 1.54) is 12.0 Å². The Bertz CT molecular complexity index is 241. The second-order valence-electron chi connectivity index (χ2n) is 3.45. The summed E-state index contributed by atoms with van der Waals surface area (Å²) >= 11 is 1.76. The zero-order chi connectivity index (χ0) is 9.10. The molecule has 1 aliphatic rings. The summed E-state index contributed by atoms with van der Waals surface area (Å²) < 4.78 is 5.40. The molecule has 0 aromatic carbocycles. The summed E-state index contributed by atoms with van der Waals surface area (Å²) in [6.07, 6.45) is 1.18. The van der Waals surface area contributed by atoms with E-state index in [4.69, 9.17) is 4.74 Å². The Morgan fingerprint density at radius 1 is 1.69 bits per heavy atom. The van der Waals surface area contributed by atoms with Gasteiger partial charge < -0.3 is 10.1 Å². The van der Waals surface area contributed by atoms with Crippen molar-refractivity contribution in [1.29, 1.82) is 0 Å². The number of hydrogen-bond donors (Lipinski definition) is 1. The predicted octanol–water partition coefficient (Wildman–Crippen LogP) is 2.05. The van der Waals surface area contributed by atoms with Gasteiger partial charge >= 0.3 is 0 Å². The van der Waals surface area contributed by atoms with Crippen molar-refractivity contribution in [2.45, 2.75) is 12.5 Å². The van der Waals surface area contributed by atoms with Gasteiger partial charge in [0.25, 0.3) is 0 Å². The molecule has 1 aliphatic heterocycles. The van der Waals surface area contributed by atoms with Gasteiger partial charge in [-0.05, 0) is 35.9 Å². The highest BCUT2D eigenvalue weighted by atomic mass is 32.1. The van der Waals surface area contributed by atoms with Gasteiger partial charge in [-0.15, -0.1) is 0 Å². The molecule has 0 amide bonds. The molecule has 0 saturated carbocycles. The van der Waals surface area contributed by atoms with Crippen LogP contribution in [0.5, 0.6) is 0 Å². The molecule has 1 fully saturated rings. The topological polar surface area (TPSA) is 21.3 Å². The summed E-state index contributed by atoms with van der Waals surface area (Å²) in [5, 5.41) is 7.73. The molecule has 1 N–H and O–H groups in total. The first kappa shape index (κ1) is 9.19. The van der Waals surface area contributed by atoms with Crippen molar-refractivity contribution in [2.24, 2.45) is 5.92 Å². The smallest absolute Gasteiger partial charge is 0.0513 e. The van der Waals surface area contributed by atoms with Crippen LogP contribution in [0, 0.1) is 5.92 Å². The van der Waals surface area contributed by atoms with Crippen molar-refractivity contribution in [3.8, 4) is 0 Å². The molecule has 2 atom stereocenters. The van der Waals surface area contributed by atoms with Gasteiger partial charge in [-0.25, -0.2) is 0 Å². The third-order valence-corrected chi connectivity index (χ3v) is 3.35. The molecule has 1 saturated heterocycles. The molecule has 72 valence electrons. The second-order valence-corrected chi connectivity index (χ2v) is 4.23. The fourth-order valence-electron chi connectivity index (χ4n) is 1.94. The quantitative estimate of drug-likeness (QED) is 0.800. The van der Waals surface area contributed by atoms with Crippen molar-refractivity contribution in [1.82, 2.24) is 5.32 Å². The minimum Gasteiger partial charge on any atom is -0.381 e. The lowest BCUT2D eigenvalue weighted by molar-refractivity contribution is 0.178. The molecule has 13 heavy (non-hydrogen) atoms. The van der Waals surface area contributed by atoms with E-state index in [-0.39, 0.29) is 0 Å². The summed E-state index contributed by atoms with van der Waals surface area (Å²) in [7, 11) is 2.03. The van der Waals surface area contributed by atoms with Crippen LogP contribution in [0.1, 0.15) is 18.0 Å². The highest BCUT2D eigenvalue weighted by Gasteiger charge is 2.25. The van der Waals surface area contributed by atoms with Crippen LogP contribution in [0.2, 0.25) is 0 Å². The van der Waals surface area contributed by atoms with E-state index in [2.05, 4.69) is 22.1 Å². The van der Waals surface area contributed by atoms with E-state index in [9.17, 15) is 0 Å². The van der Waals surface area contributed by atoms with Crippen molar-refractivity contribution >= 4 is 11.3 Å². The molecule has 0 aliphatic carbocycles. The lowest BCUT2D eigenvalue weighted by Gasteiger charge is -2.20. The summed E-state index contributed by atoms with van der Waals surface area (Å²) in [5.41, 5.74) is 1.41. The number of nitrogens with one attached hydrogen (secondary N) is 1. The van der Waals surface area contributed by atoms with Gasteiger partial charge in [-0.2, -0.15) is 11.3 Å². The molecule has 2 unspecified atom stereocenters. The Labute approximate surface area is 82.9 Å². The number of thiophene rings is 1. The molecule has 1 aromatic heterocycles. The summed E-state index contributed by atoms with van der Waals surface area (Å²) in [5.74, 6) is 0.652. The van der Waals surface area contributed by atoms with E-state index in [0.29, 0.717) is 12.0 Å². The number of ether oxygens (including phenoxy) is 1. The van der Waals surface area contributed by atoms with Crippen LogP contribution in [0.4, 0.5) is 0 Å². The van der Waals surface area contributed by atoms with Gasteiger partial charge in [0, 0.05) is 18.6 Å². The molecule has 0 spiro atoms. The highest BCUT2D eigenvalue weighted by molar-refractivity contribution is 7.07. The normalized spacial score (nSPS) is 24.8. The average molecular weight is 197 g/mol. The monoisotopic (exact) mass is 197 g/mol. The summed E-state index contributed by atoms with van der Waals surface area (Å²) in [6, 6.07) is 2.68. The van der Waals surface area contributed by atoms with Gasteiger partial charge in [0.2, 0.25) is 0 Å². The minimum absolute atomic E-state index is 0.480. The van der Waals surface area contributed by atoms with Crippen molar-refractivity contribution in [3.05, 3.63) is 22.4 Å². The first-order valence-electron chi connectivity index (χ1n) is 4.69. The van der Waals surface area contributed by atoms with E-state index in [0.717, 1.165) is 13.2 Å². The number of hydrogen-bond acceptors (Lipinski definition) is 3. The Kier molecular flexibility index (Phi) is 2.98. The SMILES string of the molecule is CNC(c1ccsc1)C1CCOC1. The lowest BCUT2D eigenvalue weighted by atomic mass is 9.94. The van der Waals surface area contributed by atoms with Crippen molar-refractivity contribution in [2.75, 3.05) is 20.3 Å². The average Bonchev–Trinajstić information content (AvgIpc) is 2.76. The van der Waals surface area contributed by atoms with Gasteiger partial charge in [0.1, 0.15) is 0 Å². The Morgan fingerprint density at radius 2 is 2.62 bits per heavy atom. The van der Waals surface area contributed by atoms with Crippen LogP contribution in [0.25, 0.3) is 0 Å². The highest BCUT2D eigenvalue weighted by Crippen LogP contribution is 2.29. The Balaban J connectivity index is 2.08. The summed E-state index contributed by atoms with van der Waals surface area (Å²) in [6.45, 7) is 1.83. The summed E-state index contributed by atoms with van der Waals surface area (Å²) in [4.78, 5) is 0. The van der Waals surface area contributed by atoms with Gasteiger partial charge in [0.05, 0.1) is 6.61 Å². The maximum Gasteiger partial charge on any atom is 0.0513 e. The molecular weight excluding hydrogens is 182 g/mol. The standard InChI is InChI=1S/C10H15NOS/c1-11-10(8-2-4-12-6-8)9-3-5-13-7-9/h3,5,7-8,10-11H,2,4,6H2,1H3. The third-order valence-electron chi connectivity index (χ3n) is 2.65. The fraction of sp³-hybridized carbons (Fsp3) is 0.600. The molecule has 0 bridgehead atoms. The van der Waals surface area contributed by atoms with E-state index in [1.54, 1.807) is 11.3 Å². The second kappa shape index (κ2) is 4.22. The van der Waals surface area contributed by atoms with E-state index >= 15 is 0 Å². The molecule has 2 nitrogen and oxygen atoms in total. The van der Waals surface area contributed by atoms with Crippen molar-refractivity contribution < 1.29 is 4.74 Å². The zero-order valence-electron chi connectivity index (χ0n) is 7.82. The molecule has 1 aromatic rings. The first-order valence-corrected chi connectivity index (χ1v) is 5.63. The Morgan fingerprint density at radius 3 is 3.15 bits per heavy atom. The maximum absolute atomic E-state index is 5.40. The maximum atomic E-state index is 5.40. The van der Waals surface area contributed by atoms with Gasteiger partial charge in [0.15, 0.2) is 0 Å². The first-order chi connectivity index (χ1) is 6.42. The van der Waals surface area contributed by atoms with Crippen LogP contribution in [-0.4, -0.2) is 20.3 Å². The molecular formula is C10H15NOS. The van der Waals surface area contributed by atoms with Crippen LogP contribution >= 0.6 is 11.3 Å². The zero-order valence-corrected chi connectivity index (χ0v) is 8.64. The molecule has 3 heteroatoms. The van der Waals surface area contributed by atoms with Crippen LogP contribution < -0.4 is 5.32 Å². The van der Waals surface area contributed by atoms with Crippen molar-refractivity contribution in [3.63, 3.8) is 0 Å². The number of rotatable bonds is 3. The van der Waals surface area contributed by atoms with Gasteiger partial charge in [-0.1, -0.05) is 0 Å².